The summed E-state index contributed by atoms with van der Waals surface area (Å²) in [5.41, 5.74) is -0.152. The van der Waals surface area contributed by atoms with E-state index in [2.05, 4.69) is 41.2 Å². The molecule has 2 aromatic rings. The molecule has 1 aliphatic heterocycles. The average molecular weight is 351 g/mol. The van der Waals surface area contributed by atoms with Crippen molar-refractivity contribution in [2.45, 2.75) is 18.9 Å². The molecule has 0 radical (unpaired) electrons. The molecule has 1 aliphatic rings. The van der Waals surface area contributed by atoms with E-state index in [1.165, 1.54) is 6.33 Å². The number of halogens is 1. The lowest BCUT2D eigenvalue weighted by Crippen LogP contribution is -2.44. The molecule has 8 heteroatoms. The van der Waals surface area contributed by atoms with Gasteiger partial charge in [0.25, 0.3) is 5.56 Å². The van der Waals surface area contributed by atoms with Crippen LogP contribution in [0.3, 0.4) is 0 Å². The summed E-state index contributed by atoms with van der Waals surface area (Å²) in [4.78, 5) is 28.8. The molecule has 0 bridgehead atoms. The number of nitrogens with one attached hydrogen (secondary N) is 2. The molecule has 0 amide bonds. The molecule has 1 saturated heterocycles. The number of piperidine rings is 1. The van der Waals surface area contributed by atoms with Crippen molar-refractivity contribution in [1.82, 2.24) is 19.9 Å². The minimum absolute atomic E-state index is 0.152. The van der Waals surface area contributed by atoms with Crippen molar-refractivity contribution < 1.29 is 0 Å². The van der Waals surface area contributed by atoms with Gasteiger partial charge in [0.2, 0.25) is 0 Å². The van der Waals surface area contributed by atoms with Crippen LogP contribution in [0.5, 0.6) is 0 Å². The van der Waals surface area contributed by atoms with Crippen molar-refractivity contribution in [2.75, 3.05) is 23.3 Å². The maximum Gasteiger partial charge on any atom is 0.290 e. The van der Waals surface area contributed by atoms with Gasteiger partial charge in [-0.15, -0.1) is 0 Å². The second-order valence-corrected chi connectivity index (χ2v) is 5.75. The quantitative estimate of drug-likeness (QED) is 0.870. The van der Waals surface area contributed by atoms with Crippen molar-refractivity contribution in [3.8, 4) is 0 Å². The Morgan fingerprint density at radius 1 is 1.43 bits per heavy atom. The highest BCUT2D eigenvalue weighted by Gasteiger charge is 2.23. The standard InChI is InChI=1S/C13H15BrN6O/c14-10-6-15-8-18-11(10)19-9-2-1-5-20(7-9)12-13(21)17-4-3-16-12/h3-4,6,8-9H,1-2,5,7H2,(H,17,21)(H,15,18,19). The fourth-order valence-electron chi connectivity index (χ4n) is 2.47. The number of H-pyrrole nitrogens is 1. The number of rotatable bonds is 3. The minimum atomic E-state index is -0.152. The van der Waals surface area contributed by atoms with E-state index in [4.69, 9.17) is 0 Å². The van der Waals surface area contributed by atoms with Gasteiger partial charge in [-0.1, -0.05) is 0 Å². The van der Waals surface area contributed by atoms with Crippen molar-refractivity contribution >= 4 is 27.6 Å². The lowest BCUT2D eigenvalue weighted by atomic mass is 10.1. The van der Waals surface area contributed by atoms with Gasteiger partial charge in [-0.3, -0.25) is 4.79 Å². The Kier molecular flexibility index (Phi) is 4.14. The van der Waals surface area contributed by atoms with Gasteiger partial charge in [0.1, 0.15) is 12.1 Å². The third-order valence-electron chi connectivity index (χ3n) is 3.42. The smallest absolute Gasteiger partial charge is 0.290 e. The fraction of sp³-hybridized carbons (Fsp3) is 0.385. The summed E-state index contributed by atoms with van der Waals surface area (Å²) in [5, 5.41) is 3.39. The predicted octanol–water partition coefficient (Wildman–Crippen LogP) is 1.40. The predicted molar refractivity (Wildman–Crippen MR) is 83.4 cm³/mol. The van der Waals surface area contributed by atoms with Crippen molar-refractivity contribution in [3.63, 3.8) is 0 Å². The Bertz CT molecular complexity index is 675. The average Bonchev–Trinajstić information content (AvgIpc) is 2.50. The maximum atomic E-state index is 11.8. The highest BCUT2D eigenvalue weighted by Crippen LogP contribution is 2.22. The summed E-state index contributed by atoms with van der Waals surface area (Å²) in [6, 6.07) is 0.214. The van der Waals surface area contributed by atoms with Crippen LogP contribution in [0.2, 0.25) is 0 Å². The van der Waals surface area contributed by atoms with Crippen LogP contribution in [0.25, 0.3) is 0 Å². The molecule has 110 valence electrons. The van der Waals surface area contributed by atoms with E-state index in [9.17, 15) is 4.79 Å². The van der Waals surface area contributed by atoms with E-state index in [1.807, 2.05) is 4.90 Å². The number of nitrogens with zero attached hydrogens (tertiary/aromatic N) is 4. The zero-order valence-electron chi connectivity index (χ0n) is 11.3. The fourth-order valence-corrected chi connectivity index (χ4v) is 2.80. The molecule has 0 spiro atoms. The maximum absolute atomic E-state index is 11.8. The Balaban J connectivity index is 1.73. The lowest BCUT2D eigenvalue weighted by Gasteiger charge is -2.33. The van der Waals surface area contributed by atoms with Crippen LogP contribution in [0.4, 0.5) is 11.6 Å². The molecule has 0 saturated carbocycles. The summed E-state index contributed by atoms with van der Waals surface area (Å²) in [5.74, 6) is 1.25. The van der Waals surface area contributed by atoms with Gasteiger partial charge in [0.15, 0.2) is 5.82 Å². The van der Waals surface area contributed by atoms with Gasteiger partial charge in [-0.2, -0.15) is 0 Å². The van der Waals surface area contributed by atoms with E-state index >= 15 is 0 Å². The molecule has 21 heavy (non-hydrogen) atoms. The number of aromatic nitrogens is 4. The number of anilines is 2. The number of hydrogen-bond donors (Lipinski definition) is 2. The van der Waals surface area contributed by atoms with Gasteiger partial charge in [-0.25, -0.2) is 15.0 Å². The van der Waals surface area contributed by atoms with Gasteiger partial charge in [0.05, 0.1) is 4.47 Å². The van der Waals surface area contributed by atoms with Crippen molar-refractivity contribution in [1.29, 1.82) is 0 Å². The van der Waals surface area contributed by atoms with E-state index in [-0.39, 0.29) is 11.6 Å². The second kappa shape index (κ2) is 6.21. The summed E-state index contributed by atoms with van der Waals surface area (Å²) in [7, 11) is 0. The van der Waals surface area contributed by atoms with Crippen molar-refractivity contribution in [3.05, 3.63) is 39.7 Å². The topological polar surface area (TPSA) is 86.8 Å². The molecule has 3 rings (SSSR count). The van der Waals surface area contributed by atoms with E-state index < -0.39 is 0 Å². The van der Waals surface area contributed by atoms with Crippen LogP contribution >= 0.6 is 15.9 Å². The Morgan fingerprint density at radius 3 is 3.14 bits per heavy atom. The molecular weight excluding hydrogens is 336 g/mol. The first-order valence-electron chi connectivity index (χ1n) is 6.75. The normalized spacial score (nSPS) is 18.5. The lowest BCUT2D eigenvalue weighted by molar-refractivity contribution is 0.523. The minimum Gasteiger partial charge on any atom is -0.365 e. The molecule has 1 atom stereocenters. The van der Waals surface area contributed by atoms with Crippen molar-refractivity contribution in [2.24, 2.45) is 0 Å². The first-order valence-corrected chi connectivity index (χ1v) is 7.54. The molecule has 0 aliphatic carbocycles. The largest absolute Gasteiger partial charge is 0.365 e. The summed E-state index contributed by atoms with van der Waals surface area (Å²) >= 11 is 3.43. The highest BCUT2D eigenvalue weighted by atomic mass is 79.9. The van der Waals surface area contributed by atoms with E-state index in [0.717, 1.165) is 36.2 Å². The Hall–Kier alpha value is -1.96. The Morgan fingerprint density at radius 2 is 2.33 bits per heavy atom. The zero-order chi connectivity index (χ0) is 14.7. The molecule has 3 heterocycles. The zero-order valence-corrected chi connectivity index (χ0v) is 12.9. The summed E-state index contributed by atoms with van der Waals surface area (Å²) in [6.45, 7) is 1.56. The first kappa shape index (κ1) is 14.0. The number of hydrogen-bond acceptors (Lipinski definition) is 6. The molecule has 2 aromatic heterocycles. The van der Waals surface area contributed by atoms with Crippen LogP contribution in [0, 0.1) is 0 Å². The monoisotopic (exact) mass is 350 g/mol. The molecule has 1 fully saturated rings. The molecule has 2 N–H and O–H groups in total. The summed E-state index contributed by atoms with van der Waals surface area (Å²) in [6.07, 6.45) is 8.39. The van der Waals surface area contributed by atoms with Crippen LogP contribution in [0.15, 0.2) is 34.2 Å². The van der Waals surface area contributed by atoms with E-state index in [1.54, 1.807) is 18.6 Å². The molecule has 0 aromatic carbocycles. The van der Waals surface area contributed by atoms with Crippen LogP contribution in [0.1, 0.15) is 12.8 Å². The SMILES string of the molecule is O=c1[nH]ccnc1N1CCCC(Nc2ncncc2Br)C1. The van der Waals surface area contributed by atoms with Gasteiger partial charge >= 0.3 is 0 Å². The number of aromatic amines is 1. The van der Waals surface area contributed by atoms with Crippen LogP contribution in [-0.4, -0.2) is 39.1 Å². The van der Waals surface area contributed by atoms with Gasteiger partial charge in [0, 0.05) is 37.7 Å². The molecule has 1 unspecified atom stereocenters. The van der Waals surface area contributed by atoms with Gasteiger partial charge in [-0.05, 0) is 28.8 Å². The highest BCUT2D eigenvalue weighted by molar-refractivity contribution is 9.10. The van der Waals surface area contributed by atoms with Crippen LogP contribution < -0.4 is 15.8 Å². The third-order valence-corrected chi connectivity index (χ3v) is 4.00. The first-order chi connectivity index (χ1) is 10.2. The Labute approximate surface area is 130 Å². The van der Waals surface area contributed by atoms with Gasteiger partial charge < -0.3 is 15.2 Å². The molecule has 7 nitrogen and oxygen atoms in total. The molecular formula is C13H15BrN6O. The third kappa shape index (κ3) is 3.21. The summed E-state index contributed by atoms with van der Waals surface area (Å²) < 4.78 is 0.831. The van der Waals surface area contributed by atoms with Crippen LogP contribution in [-0.2, 0) is 0 Å². The second-order valence-electron chi connectivity index (χ2n) is 4.89. The van der Waals surface area contributed by atoms with E-state index in [0.29, 0.717) is 5.82 Å².